The minimum Gasteiger partial charge on any atom is -0.504 e. The van der Waals surface area contributed by atoms with E-state index in [1.807, 2.05) is 6.92 Å². The number of benzene rings is 2. The van der Waals surface area contributed by atoms with Crippen molar-refractivity contribution in [2.24, 2.45) is 0 Å². The van der Waals surface area contributed by atoms with Crippen LogP contribution in [0.5, 0.6) is 11.5 Å². The van der Waals surface area contributed by atoms with Crippen LogP contribution in [-0.2, 0) is 11.2 Å². The number of rotatable bonds is 9. The summed E-state index contributed by atoms with van der Waals surface area (Å²) in [5, 5.41) is 10.4. The van der Waals surface area contributed by atoms with Gasteiger partial charge in [-0.1, -0.05) is 26.7 Å². The lowest BCUT2D eigenvalue weighted by Gasteiger charge is -2.08. The summed E-state index contributed by atoms with van der Waals surface area (Å²) in [6.07, 6.45) is 4.39. The van der Waals surface area contributed by atoms with Crippen LogP contribution in [0.25, 0.3) is 11.0 Å². The van der Waals surface area contributed by atoms with Crippen LogP contribution in [0, 0.1) is 0 Å². The number of nitrogens with two attached hydrogens (primary N) is 2. The maximum absolute atomic E-state index is 13.4. The fourth-order valence-electron chi connectivity index (χ4n) is 3.41. The van der Waals surface area contributed by atoms with Gasteiger partial charge in [-0.2, -0.15) is 0 Å². The van der Waals surface area contributed by atoms with Gasteiger partial charge >= 0.3 is 5.97 Å². The van der Waals surface area contributed by atoms with E-state index in [1.54, 1.807) is 18.2 Å². The molecule has 1 heterocycles. The van der Waals surface area contributed by atoms with Crippen molar-refractivity contribution >= 4 is 34.1 Å². The molecular weight excluding hydrogens is 396 g/mol. The fourth-order valence-corrected chi connectivity index (χ4v) is 3.41. The van der Waals surface area contributed by atoms with E-state index < -0.39 is 0 Å². The van der Waals surface area contributed by atoms with Crippen molar-refractivity contribution in [1.82, 2.24) is 0 Å². The van der Waals surface area contributed by atoms with Gasteiger partial charge in [0.2, 0.25) is 0 Å². The molecule has 31 heavy (non-hydrogen) atoms. The number of carbonyl (C=O) groups is 2. The van der Waals surface area contributed by atoms with Crippen LogP contribution in [0.15, 0.2) is 34.7 Å². The third-order valence-electron chi connectivity index (χ3n) is 5.12. The molecule has 0 bridgehead atoms. The molecule has 3 rings (SSSR count). The van der Waals surface area contributed by atoms with E-state index in [-0.39, 0.29) is 34.4 Å². The Balaban J connectivity index is 2.02. The Kier molecular flexibility index (Phi) is 6.84. The highest BCUT2D eigenvalue weighted by atomic mass is 16.5. The molecule has 5 N–H and O–H groups in total. The van der Waals surface area contributed by atoms with E-state index in [2.05, 4.69) is 6.92 Å². The lowest BCUT2D eigenvalue weighted by molar-refractivity contribution is -0.134. The normalized spacial score (nSPS) is 11.0. The Labute approximate surface area is 181 Å². The van der Waals surface area contributed by atoms with E-state index in [4.69, 9.17) is 20.6 Å². The predicted molar refractivity (Wildman–Crippen MR) is 120 cm³/mol. The molecule has 2 aromatic carbocycles. The Bertz CT molecular complexity index is 1090. The number of hydrogen-bond acceptors (Lipinski definition) is 7. The number of ketones is 1. The van der Waals surface area contributed by atoms with Crippen LogP contribution < -0.4 is 16.2 Å². The topological polar surface area (TPSA) is 129 Å². The number of esters is 1. The molecule has 3 aromatic rings. The van der Waals surface area contributed by atoms with Gasteiger partial charge in [-0.25, -0.2) is 0 Å². The smallest absolute Gasteiger partial charge is 0.311 e. The first-order chi connectivity index (χ1) is 14.8. The van der Waals surface area contributed by atoms with Gasteiger partial charge in [0, 0.05) is 29.9 Å². The average molecular weight is 424 g/mol. The first kappa shape index (κ1) is 22.2. The number of carbonyl (C=O) groups excluding carboxylic acids is 2. The van der Waals surface area contributed by atoms with Gasteiger partial charge in [-0.05, 0) is 37.1 Å². The third-order valence-corrected chi connectivity index (χ3v) is 5.12. The van der Waals surface area contributed by atoms with Crippen LogP contribution in [0.2, 0.25) is 0 Å². The maximum Gasteiger partial charge on any atom is 0.311 e. The van der Waals surface area contributed by atoms with Gasteiger partial charge in [-0.3, -0.25) is 9.59 Å². The van der Waals surface area contributed by atoms with E-state index in [0.29, 0.717) is 40.9 Å². The van der Waals surface area contributed by atoms with Gasteiger partial charge in [0.25, 0.3) is 0 Å². The Hall–Kier alpha value is -3.48. The highest BCUT2D eigenvalue weighted by molar-refractivity contribution is 6.17. The van der Waals surface area contributed by atoms with Gasteiger partial charge < -0.3 is 25.7 Å². The zero-order valence-corrected chi connectivity index (χ0v) is 17.9. The number of fused-ring (bicyclic) bond motifs is 1. The summed E-state index contributed by atoms with van der Waals surface area (Å²) in [4.78, 5) is 25.3. The minimum atomic E-state index is -0.301. The van der Waals surface area contributed by atoms with Crippen LogP contribution in [0.1, 0.15) is 67.6 Å². The van der Waals surface area contributed by atoms with E-state index in [9.17, 15) is 14.7 Å². The van der Waals surface area contributed by atoms with E-state index in [0.717, 1.165) is 25.7 Å². The molecule has 7 nitrogen and oxygen atoms in total. The molecule has 1 aromatic heterocycles. The number of aryl methyl sites for hydroxylation is 1. The van der Waals surface area contributed by atoms with Crippen molar-refractivity contribution in [1.29, 1.82) is 0 Å². The highest BCUT2D eigenvalue weighted by Crippen LogP contribution is 2.35. The monoisotopic (exact) mass is 424 g/mol. The third kappa shape index (κ3) is 4.82. The summed E-state index contributed by atoms with van der Waals surface area (Å²) in [6, 6.07) is 7.81. The zero-order chi connectivity index (χ0) is 22.5. The van der Waals surface area contributed by atoms with Gasteiger partial charge in [0.05, 0.1) is 16.9 Å². The molecular formula is C24H28N2O5. The molecule has 0 aliphatic carbocycles. The SMILES string of the molecule is CCCCC(=O)Oc1ccc2c(C(=O)c3cc(N)c(O)c(N)c3)c(CCCC)oc2c1. The van der Waals surface area contributed by atoms with E-state index >= 15 is 0 Å². The Morgan fingerprint density at radius 3 is 2.35 bits per heavy atom. The molecule has 0 saturated carbocycles. The highest BCUT2D eigenvalue weighted by Gasteiger charge is 2.23. The number of furan rings is 1. The lowest BCUT2D eigenvalue weighted by atomic mass is 9.97. The van der Waals surface area contributed by atoms with Crippen LogP contribution in [0.4, 0.5) is 11.4 Å². The number of unbranched alkanes of at least 4 members (excludes halogenated alkanes) is 2. The first-order valence-corrected chi connectivity index (χ1v) is 10.5. The van der Waals surface area contributed by atoms with Crippen molar-refractivity contribution < 1.29 is 23.8 Å². The van der Waals surface area contributed by atoms with Crippen molar-refractivity contribution in [3.63, 3.8) is 0 Å². The van der Waals surface area contributed by atoms with Crippen LogP contribution in [0.3, 0.4) is 0 Å². The number of phenolic OH excluding ortho intramolecular Hbond substituents is 1. The van der Waals surface area contributed by atoms with Crippen LogP contribution >= 0.6 is 0 Å². The van der Waals surface area contributed by atoms with E-state index in [1.165, 1.54) is 12.1 Å². The summed E-state index contributed by atoms with van der Waals surface area (Å²) >= 11 is 0. The molecule has 164 valence electrons. The number of anilines is 2. The molecule has 0 radical (unpaired) electrons. The summed E-state index contributed by atoms with van der Waals surface area (Å²) in [5.41, 5.74) is 12.8. The summed E-state index contributed by atoms with van der Waals surface area (Å²) < 4.78 is 11.4. The number of phenols is 1. The van der Waals surface area contributed by atoms with Crippen molar-refractivity contribution in [2.45, 2.75) is 52.4 Å². The maximum atomic E-state index is 13.4. The Morgan fingerprint density at radius 2 is 1.71 bits per heavy atom. The summed E-state index contributed by atoms with van der Waals surface area (Å²) in [5.74, 6) is 0.0960. The second kappa shape index (κ2) is 9.55. The van der Waals surface area contributed by atoms with Gasteiger partial charge in [-0.15, -0.1) is 0 Å². The molecule has 0 spiro atoms. The molecule has 0 fully saturated rings. The fraction of sp³-hybridized carbons (Fsp3) is 0.333. The zero-order valence-electron chi connectivity index (χ0n) is 17.9. The average Bonchev–Trinajstić information content (AvgIpc) is 3.11. The number of nitrogen functional groups attached to an aromatic ring is 2. The van der Waals surface area contributed by atoms with Crippen molar-refractivity contribution in [3.05, 3.63) is 47.2 Å². The predicted octanol–water partition coefficient (Wildman–Crippen LogP) is 4.97. The summed E-state index contributed by atoms with van der Waals surface area (Å²) in [6.45, 7) is 4.06. The molecule has 0 aliphatic heterocycles. The lowest BCUT2D eigenvalue weighted by Crippen LogP contribution is -2.07. The van der Waals surface area contributed by atoms with Crippen molar-refractivity contribution in [3.8, 4) is 11.5 Å². The summed E-state index contributed by atoms with van der Waals surface area (Å²) in [7, 11) is 0. The van der Waals surface area contributed by atoms with Gasteiger partial charge in [0.15, 0.2) is 11.5 Å². The number of ether oxygens (including phenoxy) is 1. The van der Waals surface area contributed by atoms with Crippen LogP contribution in [-0.4, -0.2) is 16.9 Å². The Morgan fingerprint density at radius 1 is 1.03 bits per heavy atom. The first-order valence-electron chi connectivity index (χ1n) is 10.5. The molecule has 0 atom stereocenters. The quantitative estimate of drug-likeness (QED) is 0.145. The minimum absolute atomic E-state index is 0.0348. The second-order valence-corrected chi connectivity index (χ2v) is 7.57. The molecule has 0 saturated heterocycles. The van der Waals surface area contributed by atoms with Crippen molar-refractivity contribution in [2.75, 3.05) is 11.5 Å². The standard InChI is InChI=1S/C24H28N2O5/c1-3-5-7-19-22(23(28)14-11-17(25)24(29)18(26)12-14)16-10-9-15(13-20(16)31-19)30-21(27)8-6-4-2/h9-13,29H,3-8,25-26H2,1-2H3. The molecule has 0 aliphatic rings. The number of hydrogen-bond donors (Lipinski definition) is 3. The molecule has 0 unspecified atom stereocenters. The molecule has 0 amide bonds. The van der Waals surface area contributed by atoms with Gasteiger partial charge in [0.1, 0.15) is 17.1 Å². The largest absolute Gasteiger partial charge is 0.504 e. The molecule has 7 heteroatoms. The number of aromatic hydroxyl groups is 1. The second-order valence-electron chi connectivity index (χ2n) is 7.57.